The third kappa shape index (κ3) is 2.21. The van der Waals surface area contributed by atoms with Gasteiger partial charge in [-0.05, 0) is 18.3 Å². The smallest absolute Gasteiger partial charge is 0.230 e. The predicted molar refractivity (Wildman–Crippen MR) is 59.9 cm³/mol. The third-order valence-electron chi connectivity index (χ3n) is 4.04. The van der Waals surface area contributed by atoms with Crippen LogP contribution >= 0.6 is 0 Å². The van der Waals surface area contributed by atoms with E-state index in [1.54, 1.807) is 0 Å². The minimum atomic E-state index is -0.770. The van der Waals surface area contributed by atoms with Crippen molar-refractivity contribution in [2.75, 3.05) is 13.2 Å². The number of rotatable bonds is 3. The highest BCUT2D eigenvalue weighted by Crippen LogP contribution is 2.47. The first-order valence-corrected chi connectivity index (χ1v) is 6.18. The van der Waals surface area contributed by atoms with Crippen LogP contribution < -0.4 is 0 Å². The van der Waals surface area contributed by atoms with Gasteiger partial charge in [0.05, 0.1) is 19.3 Å². The van der Waals surface area contributed by atoms with Gasteiger partial charge in [-0.15, -0.1) is 0 Å². The summed E-state index contributed by atoms with van der Waals surface area (Å²) in [6.07, 6.45) is 4.83. The van der Waals surface area contributed by atoms with Crippen LogP contribution in [0.4, 0.5) is 0 Å². The molecule has 1 aliphatic heterocycles. The van der Waals surface area contributed by atoms with Gasteiger partial charge < -0.3 is 10.2 Å². The molecule has 96 valence electrons. The minimum absolute atomic E-state index is 0.125. The summed E-state index contributed by atoms with van der Waals surface area (Å²) in [5.74, 6) is -0.479. The lowest BCUT2D eigenvalue weighted by atomic mass is 9.76. The zero-order valence-corrected chi connectivity index (χ0v) is 9.89. The van der Waals surface area contributed by atoms with Crippen LogP contribution in [0.5, 0.6) is 0 Å². The van der Waals surface area contributed by atoms with Gasteiger partial charge in [-0.2, -0.15) is 0 Å². The zero-order valence-electron chi connectivity index (χ0n) is 9.89. The van der Waals surface area contributed by atoms with Gasteiger partial charge in [-0.25, -0.2) is 0 Å². The van der Waals surface area contributed by atoms with Gasteiger partial charge in [0.2, 0.25) is 11.8 Å². The highest BCUT2D eigenvalue weighted by atomic mass is 16.3. The molecular formula is C12H19NO4. The summed E-state index contributed by atoms with van der Waals surface area (Å²) in [6.45, 7) is -0.748. The maximum absolute atomic E-state index is 12.0. The van der Waals surface area contributed by atoms with Crippen molar-refractivity contribution in [3.63, 3.8) is 0 Å². The second kappa shape index (κ2) is 4.74. The molecule has 2 rings (SSSR count). The van der Waals surface area contributed by atoms with E-state index < -0.39 is 6.04 Å². The monoisotopic (exact) mass is 241 g/mol. The number of likely N-dealkylation sites (tertiary alicyclic amines) is 1. The molecule has 5 nitrogen and oxygen atoms in total. The van der Waals surface area contributed by atoms with Crippen molar-refractivity contribution in [2.24, 2.45) is 5.41 Å². The Hall–Kier alpha value is -0.940. The standard InChI is InChI=1S/C12H19NO4/c14-7-9(8-15)13-10(16)5-12(6-11(13)17)3-1-2-4-12/h9,14-15H,1-8H2. The number of carbonyl (C=O) groups is 2. The molecule has 0 aromatic rings. The lowest BCUT2D eigenvalue weighted by Crippen LogP contribution is -2.54. The topological polar surface area (TPSA) is 77.8 Å². The molecule has 1 aliphatic carbocycles. The number of carbonyl (C=O) groups excluding carboxylic acids is 2. The average molecular weight is 241 g/mol. The van der Waals surface area contributed by atoms with E-state index in [0.717, 1.165) is 30.6 Å². The van der Waals surface area contributed by atoms with E-state index in [1.165, 1.54) is 0 Å². The van der Waals surface area contributed by atoms with E-state index in [2.05, 4.69) is 0 Å². The number of hydrogen-bond donors (Lipinski definition) is 2. The minimum Gasteiger partial charge on any atom is -0.394 e. The summed E-state index contributed by atoms with van der Waals surface area (Å²) in [5, 5.41) is 18.1. The lowest BCUT2D eigenvalue weighted by molar-refractivity contribution is -0.158. The fourth-order valence-corrected chi connectivity index (χ4v) is 3.12. The molecule has 2 amide bonds. The van der Waals surface area contributed by atoms with Crippen molar-refractivity contribution in [3.8, 4) is 0 Å². The summed E-state index contributed by atoms with van der Waals surface area (Å²) >= 11 is 0. The molecule has 1 saturated heterocycles. The van der Waals surface area contributed by atoms with Crippen molar-refractivity contribution in [2.45, 2.75) is 44.6 Å². The summed E-state index contributed by atoms with van der Waals surface area (Å²) in [6, 6.07) is -0.770. The van der Waals surface area contributed by atoms with E-state index in [1.807, 2.05) is 0 Å². The fraction of sp³-hybridized carbons (Fsp3) is 0.833. The second-order valence-corrected chi connectivity index (χ2v) is 5.24. The Kier molecular flexibility index (Phi) is 3.49. The Morgan fingerprint density at radius 2 is 1.53 bits per heavy atom. The molecule has 1 heterocycles. The van der Waals surface area contributed by atoms with E-state index in [4.69, 9.17) is 10.2 Å². The molecule has 0 radical (unpaired) electrons. The van der Waals surface area contributed by atoms with Crippen LogP contribution in [0.25, 0.3) is 0 Å². The molecule has 2 aliphatic rings. The van der Waals surface area contributed by atoms with Gasteiger partial charge in [0, 0.05) is 12.8 Å². The van der Waals surface area contributed by atoms with Crippen LogP contribution in [-0.2, 0) is 9.59 Å². The summed E-state index contributed by atoms with van der Waals surface area (Å²) in [4.78, 5) is 25.1. The van der Waals surface area contributed by atoms with Crippen molar-refractivity contribution < 1.29 is 19.8 Å². The van der Waals surface area contributed by atoms with Crippen LogP contribution in [0, 0.1) is 5.41 Å². The van der Waals surface area contributed by atoms with E-state index in [0.29, 0.717) is 12.8 Å². The summed E-state index contributed by atoms with van der Waals surface area (Å²) in [7, 11) is 0. The zero-order chi connectivity index (χ0) is 12.5. The number of amides is 2. The third-order valence-corrected chi connectivity index (χ3v) is 4.04. The van der Waals surface area contributed by atoms with Gasteiger partial charge in [-0.1, -0.05) is 12.8 Å². The number of aliphatic hydroxyl groups excluding tert-OH is 2. The highest BCUT2D eigenvalue weighted by molar-refractivity contribution is 5.99. The molecule has 1 spiro atoms. The van der Waals surface area contributed by atoms with E-state index in [9.17, 15) is 9.59 Å². The summed E-state index contributed by atoms with van der Waals surface area (Å²) < 4.78 is 0. The highest BCUT2D eigenvalue weighted by Gasteiger charge is 2.46. The molecule has 0 aromatic carbocycles. The van der Waals surface area contributed by atoms with Crippen LogP contribution in [0.1, 0.15) is 38.5 Å². The Bertz CT molecular complexity index is 298. The number of piperidine rings is 1. The lowest BCUT2D eigenvalue weighted by Gasteiger charge is -2.39. The Morgan fingerprint density at radius 1 is 1.06 bits per heavy atom. The first-order chi connectivity index (χ1) is 8.12. The van der Waals surface area contributed by atoms with E-state index >= 15 is 0 Å². The van der Waals surface area contributed by atoms with Gasteiger partial charge in [0.15, 0.2) is 0 Å². The largest absolute Gasteiger partial charge is 0.394 e. The van der Waals surface area contributed by atoms with Gasteiger partial charge in [0.25, 0.3) is 0 Å². The van der Waals surface area contributed by atoms with Crippen molar-refractivity contribution in [1.29, 1.82) is 0 Å². The Labute approximate surface area is 100 Å². The molecule has 0 bridgehead atoms. The van der Waals surface area contributed by atoms with Gasteiger partial charge in [0.1, 0.15) is 0 Å². The Balaban J connectivity index is 2.13. The first kappa shape index (κ1) is 12.5. The first-order valence-electron chi connectivity index (χ1n) is 6.18. The fourth-order valence-electron chi connectivity index (χ4n) is 3.12. The molecule has 2 N–H and O–H groups in total. The van der Waals surface area contributed by atoms with Crippen LogP contribution in [0.15, 0.2) is 0 Å². The molecule has 5 heteroatoms. The summed E-state index contributed by atoms with van der Waals surface area (Å²) in [5.41, 5.74) is -0.125. The average Bonchev–Trinajstić information content (AvgIpc) is 2.71. The van der Waals surface area contributed by atoms with Crippen molar-refractivity contribution in [3.05, 3.63) is 0 Å². The normalized spacial score (nSPS) is 24.1. The predicted octanol–water partition coefficient (Wildman–Crippen LogP) is 0.0490. The molecule has 0 aromatic heterocycles. The maximum Gasteiger partial charge on any atom is 0.230 e. The van der Waals surface area contributed by atoms with Crippen molar-refractivity contribution in [1.82, 2.24) is 4.90 Å². The van der Waals surface area contributed by atoms with Crippen LogP contribution in [0.2, 0.25) is 0 Å². The van der Waals surface area contributed by atoms with Crippen molar-refractivity contribution >= 4 is 11.8 Å². The second-order valence-electron chi connectivity index (χ2n) is 5.24. The van der Waals surface area contributed by atoms with Gasteiger partial charge in [-0.3, -0.25) is 14.5 Å². The van der Waals surface area contributed by atoms with E-state index in [-0.39, 0.29) is 30.4 Å². The van der Waals surface area contributed by atoms with Crippen LogP contribution in [0.3, 0.4) is 0 Å². The number of aliphatic hydroxyl groups is 2. The SMILES string of the molecule is O=C1CC2(CCCC2)CC(=O)N1C(CO)CO. The molecule has 0 atom stereocenters. The Morgan fingerprint density at radius 3 is 1.94 bits per heavy atom. The number of nitrogens with zero attached hydrogens (tertiary/aromatic N) is 1. The molecule has 17 heavy (non-hydrogen) atoms. The molecular weight excluding hydrogens is 222 g/mol. The van der Waals surface area contributed by atoms with Gasteiger partial charge >= 0.3 is 0 Å². The molecule has 1 saturated carbocycles. The number of hydrogen-bond acceptors (Lipinski definition) is 4. The molecule has 2 fully saturated rings. The van der Waals surface area contributed by atoms with Crippen LogP contribution in [-0.4, -0.2) is 46.2 Å². The quantitative estimate of drug-likeness (QED) is 0.684. The number of imide groups is 1. The maximum atomic E-state index is 12.0. The molecule has 0 unspecified atom stereocenters.